The van der Waals surface area contributed by atoms with E-state index in [4.69, 9.17) is 5.73 Å². The first-order chi connectivity index (χ1) is 8.19. The van der Waals surface area contributed by atoms with Crippen molar-refractivity contribution in [2.45, 2.75) is 13.0 Å². The van der Waals surface area contributed by atoms with Gasteiger partial charge in [-0.25, -0.2) is 4.68 Å². The Bertz CT molecular complexity index is 393. The molecule has 1 aromatic heterocycles. The summed E-state index contributed by atoms with van der Waals surface area (Å²) in [6, 6.07) is 1.61. The van der Waals surface area contributed by atoms with Crippen molar-refractivity contribution in [3.63, 3.8) is 0 Å². The summed E-state index contributed by atoms with van der Waals surface area (Å²) in [6.45, 7) is 1.96. The molecule has 2 N–H and O–H groups in total. The van der Waals surface area contributed by atoms with Crippen molar-refractivity contribution in [2.24, 2.45) is 5.73 Å². The molecule has 5 nitrogen and oxygen atoms in total. The van der Waals surface area contributed by atoms with Crippen LogP contribution in [0.4, 0.5) is 5.69 Å². The lowest BCUT2D eigenvalue weighted by atomic mass is 10.4. The molecule has 0 radical (unpaired) electrons. The van der Waals surface area contributed by atoms with E-state index in [1.165, 1.54) is 4.68 Å². The van der Waals surface area contributed by atoms with Crippen molar-refractivity contribution in [3.05, 3.63) is 22.6 Å². The topological polar surface area (TPSA) is 64.2 Å². The predicted molar refractivity (Wildman–Crippen MR) is 73.8 cm³/mol. The summed E-state index contributed by atoms with van der Waals surface area (Å²) in [5.74, 6) is 1.04. The predicted octanol–water partition coefficient (Wildman–Crippen LogP) is 0.391. The van der Waals surface area contributed by atoms with Gasteiger partial charge in [0.05, 0.1) is 11.9 Å². The fourth-order valence-electron chi connectivity index (χ4n) is 1.48. The number of hydrogen-bond donors (Lipinski definition) is 1. The van der Waals surface area contributed by atoms with Crippen LogP contribution in [0.2, 0.25) is 0 Å². The molecule has 0 bridgehead atoms. The Hall–Kier alpha value is -1.01. The van der Waals surface area contributed by atoms with Gasteiger partial charge in [-0.3, -0.25) is 4.79 Å². The van der Waals surface area contributed by atoms with E-state index >= 15 is 0 Å². The minimum absolute atomic E-state index is 0.0486. The Labute approximate surface area is 106 Å². The first-order valence-electron chi connectivity index (χ1n) is 5.66. The number of hydrogen-bond acceptors (Lipinski definition) is 5. The quantitative estimate of drug-likeness (QED) is 0.715. The molecule has 0 amide bonds. The van der Waals surface area contributed by atoms with Crippen LogP contribution in [0.5, 0.6) is 0 Å². The molecule has 0 aliphatic rings. The molecule has 1 heterocycles. The lowest BCUT2D eigenvalue weighted by Crippen LogP contribution is -2.29. The average molecular weight is 256 g/mol. The molecule has 96 valence electrons. The summed E-state index contributed by atoms with van der Waals surface area (Å²) in [4.78, 5) is 13.7. The monoisotopic (exact) mass is 256 g/mol. The van der Waals surface area contributed by atoms with E-state index in [1.54, 1.807) is 24.0 Å². The molecule has 0 unspecified atom stereocenters. The van der Waals surface area contributed by atoms with Gasteiger partial charge in [0.15, 0.2) is 0 Å². The molecule has 6 heteroatoms. The van der Waals surface area contributed by atoms with Gasteiger partial charge < -0.3 is 10.6 Å². The molecule has 0 saturated heterocycles. The van der Waals surface area contributed by atoms with Crippen LogP contribution >= 0.6 is 11.8 Å². The molecule has 0 atom stereocenters. The summed E-state index contributed by atoms with van der Waals surface area (Å²) in [6.07, 6.45) is 4.74. The zero-order chi connectivity index (χ0) is 12.7. The fourth-order valence-corrected chi connectivity index (χ4v) is 1.90. The van der Waals surface area contributed by atoms with Gasteiger partial charge in [-0.1, -0.05) is 0 Å². The Balaban J connectivity index is 2.69. The molecule has 0 spiro atoms. The van der Waals surface area contributed by atoms with E-state index in [-0.39, 0.29) is 5.56 Å². The van der Waals surface area contributed by atoms with E-state index < -0.39 is 0 Å². The zero-order valence-corrected chi connectivity index (χ0v) is 11.2. The zero-order valence-electron chi connectivity index (χ0n) is 10.4. The van der Waals surface area contributed by atoms with Crippen LogP contribution in [0.1, 0.15) is 6.42 Å². The van der Waals surface area contributed by atoms with Crippen molar-refractivity contribution < 1.29 is 0 Å². The maximum absolute atomic E-state index is 11.8. The number of rotatable bonds is 7. The highest BCUT2D eigenvalue weighted by Gasteiger charge is 2.03. The van der Waals surface area contributed by atoms with Gasteiger partial charge in [0.2, 0.25) is 0 Å². The van der Waals surface area contributed by atoms with Crippen LogP contribution in [0, 0.1) is 0 Å². The van der Waals surface area contributed by atoms with Crippen LogP contribution < -0.4 is 16.2 Å². The Morgan fingerprint density at radius 2 is 2.35 bits per heavy atom. The molecular formula is C11H20N4OS. The highest BCUT2D eigenvalue weighted by atomic mass is 32.2. The summed E-state index contributed by atoms with van der Waals surface area (Å²) in [5, 5.41) is 4.17. The summed E-state index contributed by atoms with van der Waals surface area (Å²) in [5.41, 5.74) is 6.24. The van der Waals surface area contributed by atoms with Gasteiger partial charge in [-0.2, -0.15) is 16.9 Å². The van der Waals surface area contributed by atoms with Gasteiger partial charge in [0, 0.05) is 32.7 Å². The van der Waals surface area contributed by atoms with Crippen molar-refractivity contribution >= 4 is 17.4 Å². The fraction of sp³-hybridized carbons (Fsp3) is 0.636. The van der Waals surface area contributed by atoms with Crippen molar-refractivity contribution in [2.75, 3.05) is 37.0 Å². The number of nitrogens with two attached hydrogens (primary N) is 1. The summed E-state index contributed by atoms with van der Waals surface area (Å²) >= 11 is 1.78. The van der Waals surface area contributed by atoms with E-state index in [0.29, 0.717) is 13.1 Å². The molecule has 0 saturated carbocycles. The van der Waals surface area contributed by atoms with Crippen molar-refractivity contribution in [3.8, 4) is 0 Å². The highest BCUT2D eigenvalue weighted by molar-refractivity contribution is 7.98. The first kappa shape index (κ1) is 14.1. The Morgan fingerprint density at radius 3 is 2.94 bits per heavy atom. The largest absolute Gasteiger partial charge is 0.372 e. The summed E-state index contributed by atoms with van der Waals surface area (Å²) in [7, 11) is 1.90. The molecule has 17 heavy (non-hydrogen) atoms. The van der Waals surface area contributed by atoms with Gasteiger partial charge in [-0.15, -0.1) is 0 Å². The Morgan fingerprint density at radius 1 is 1.59 bits per heavy atom. The number of aryl methyl sites for hydroxylation is 1. The van der Waals surface area contributed by atoms with Gasteiger partial charge in [0.25, 0.3) is 5.56 Å². The minimum Gasteiger partial charge on any atom is -0.372 e. The first-order valence-corrected chi connectivity index (χ1v) is 7.05. The van der Waals surface area contributed by atoms with Crippen LogP contribution in [0.3, 0.4) is 0 Å². The van der Waals surface area contributed by atoms with Crippen LogP contribution in [-0.2, 0) is 6.54 Å². The second kappa shape index (κ2) is 7.34. The van der Waals surface area contributed by atoms with Gasteiger partial charge in [0.1, 0.15) is 0 Å². The lowest BCUT2D eigenvalue weighted by Gasteiger charge is -2.17. The molecule has 0 fully saturated rings. The van der Waals surface area contributed by atoms with Crippen molar-refractivity contribution in [1.82, 2.24) is 9.78 Å². The number of anilines is 1. The third kappa shape index (κ3) is 4.40. The maximum Gasteiger partial charge on any atom is 0.268 e. The molecule has 0 aromatic carbocycles. The van der Waals surface area contributed by atoms with Gasteiger partial charge in [-0.05, 0) is 18.4 Å². The second-order valence-electron chi connectivity index (χ2n) is 3.83. The SMILES string of the molecule is CSCCCn1ncc(N(C)CCN)cc1=O. The third-order valence-corrected chi connectivity index (χ3v) is 3.18. The average Bonchev–Trinajstić information content (AvgIpc) is 2.31. The molecule has 1 aromatic rings. The summed E-state index contributed by atoms with van der Waals surface area (Å²) < 4.78 is 1.51. The van der Waals surface area contributed by atoms with E-state index in [0.717, 1.165) is 24.4 Å². The normalized spacial score (nSPS) is 10.5. The number of likely N-dealkylation sites (N-methyl/N-ethyl adjacent to an activating group) is 1. The number of thioether (sulfide) groups is 1. The van der Waals surface area contributed by atoms with E-state index in [2.05, 4.69) is 11.4 Å². The number of nitrogens with zero attached hydrogens (tertiary/aromatic N) is 3. The molecule has 0 aliphatic carbocycles. The Kier molecular flexibility index (Phi) is 6.07. The minimum atomic E-state index is -0.0486. The second-order valence-corrected chi connectivity index (χ2v) is 4.82. The maximum atomic E-state index is 11.8. The third-order valence-electron chi connectivity index (χ3n) is 2.48. The molecule has 1 rings (SSSR count). The standard InChI is InChI=1S/C11H20N4OS/c1-14(6-4-12)10-8-11(16)15(13-9-10)5-3-7-17-2/h8-9H,3-7,12H2,1-2H3. The van der Waals surface area contributed by atoms with E-state index in [1.807, 2.05) is 11.9 Å². The van der Waals surface area contributed by atoms with Crippen LogP contribution in [-0.4, -0.2) is 41.9 Å². The smallest absolute Gasteiger partial charge is 0.268 e. The molecule has 0 aliphatic heterocycles. The van der Waals surface area contributed by atoms with E-state index in [9.17, 15) is 4.79 Å². The van der Waals surface area contributed by atoms with Crippen molar-refractivity contribution in [1.29, 1.82) is 0 Å². The van der Waals surface area contributed by atoms with Crippen LogP contribution in [0.25, 0.3) is 0 Å². The molecular weight excluding hydrogens is 236 g/mol. The number of aromatic nitrogens is 2. The van der Waals surface area contributed by atoms with Crippen LogP contribution in [0.15, 0.2) is 17.1 Å². The van der Waals surface area contributed by atoms with Gasteiger partial charge >= 0.3 is 0 Å². The lowest BCUT2D eigenvalue weighted by molar-refractivity contribution is 0.570. The highest BCUT2D eigenvalue weighted by Crippen LogP contribution is 2.06.